The Morgan fingerprint density at radius 3 is 2.46 bits per heavy atom. The molecule has 0 bridgehead atoms. The number of piperidine rings is 1. The number of hydrogen-bond donors (Lipinski definition) is 1. The summed E-state index contributed by atoms with van der Waals surface area (Å²) in [6.45, 7) is 5.08. The van der Waals surface area contributed by atoms with Gasteiger partial charge in [-0.15, -0.1) is 0 Å². The molecule has 2 rings (SSSR count). The molecule has 7 nitrogen and oxygen atoms in total. The van der Waals surface area contributed by atoms with Crippen molar-refractivity contribution >= 4 is 21.9 Å². The molecule has 0 radical (unpaired) electrons. The summed E-state index contributed by atoms with van der Waals surface area (Å²) < 4.78 is 44.5. The monoisotopic (exact) mass is 414 g/mol. The van der Waals surface area contributed by atoms with Gasteiger partial charge in [0, 0.05) is 26.1 Å². The first-order valence-corrected chi connectivity index (χ1v) is 10.9. The number of nitrogens with zero attached hydrogens (tertiary/aromatic N) is 1. The predicted molar refractivity (Wildman–Crippen MR) is 101 cm³/mol. The van der Waals surface area contributed by atoms with Gasteiger partial charge in [-0.05, 0) is 56.4 Å². The molecule has 0 unspecified atom stereocenters. The van der Waals surface area contributed by atoms with Crippen LogP contribution in [0.3, 0.4) is 0 Å². The average Bonchev–Trinajstić information content (AvgIpc) is 2.65. The van der Waals surface area contributed by atoms with E-state index < -0.39 is 27.9 Å². The van der Waals surface area contributed by atoms with E-state index in [0.29, 0.717) is 19.0 Å². The Morgan fingerprint density at radius 2 is 1.86 bits per heavy atom. The minimum atomic E-state index is -3.76. The topological polar surface area (TPSA) is 92.8 Å². The van der Waals surface area contributed by atoms with Crippen molar-refractivity contribution in [2.24, 2.45) is 5.92 Å². The molecular weight excluding hydrogens is 387 g/mol. The number of esters is 1. The van der Waals surface area contributed by atoms with Gasteiger partial charge in [0.05, 0.1) is 4.90 Å². The quantitative estimate of drug-likeness (QED) is 0.519. The van der Waals surface area contributed by atoms with Crippen molar-refractivity contribution in [2.45, 2.75) is 50.5 Å². The van der Waals surface area contributed by atoms with Gasteiger partial charge in [0.25, 0.3) is 5.91 Å². The molecule has 1 aliphatic heterocycles. The molecule has 1 aromatic rings. The number of amides is 1. The highest BCUT2D eigenvalue weighted by Crippen LogP contribution is 2.17. The van der Waals surface area contributed by atoms with Crippen molar-refractivity contribution in [2.75, 3.05) is 19.6 Å². The molecule has 1 heterocycles. The van der Waals surface area contributed by atoms with E-state index in [9.17, 15) is 22.4 Å². The maximum Gasteiger partial charge on any atom is 0.306 e. The Hall–Kier alpha value is -2.00. The Labute approximate surface area is 165 Å². The number of halogens is 1. The summed E-state index contributed by atoms with van der Waals surface area (Å²) in [5.74, 6) is -0.672. The summed E-state index contributed by atoms with van der Waals surface area (Å²) in [6.07, 6.45) is 1.25. The predicted octanol–water partition coefficient (Wildman–Crippen LogP) is 2.07. The molecule has 28 heavy (non-hydrogen) atoms. The fourth-order valence-corrected chi connectivity index (χ4v) is 4.00. The summed E-state index contributed by atoms with van der Waals surface area (Å²) in [4.78, 5) is 25.9. The van der Waals surface area contributed by atoms with Gasteiger partial charge in [0.1, 0.15) is 5.82 Å². The normalized spacial score (nSPS) is 16.6. The van der Waals surface area contributed by atoms with Gasteiger partial charge < -0.3 is 9.64 Å². The van der Waals surface area contributed by atoms with Gasteiger partial charge in [0.2, 0.25) is 10.0 Å². The van der Waals surface area contributed by atoms with E-state index in [2.05, 4.69) is 11.6 Å². The van der Waals surface area contributed by atoms with E-state index in [1.165, 1.54) is 12.1 Å². The van der Waals surface area contributed by atoms with E-state index in [0.717, 1.165) is 25.0 Å². The molecule has 1 atom stereocenters. The number of ether oxygens (including phenoxy) is 1. The zero-order valence-electron chi connectivity index (χ0n) is 16.2. The van der Waals surface area contributed by atoms with Crippen molar-refractivity contribution in [3.05, 3.63) is 30.1 Å². The molecule has 9 heteroatoms. The van der Waals surface area contributed by atoms with Crippen LogP contribution in [0, 0.1) is 11.7 Å². The molecule has 0 saturated carbocycles. The SMILES string of the molecule is CC1CCN(C(=O)[C@@H](C)OC(=O)CCCNS(=O)(=O)c2ccc(F)cc2)CC1. The largest absolute Gasteiger partial charge is 0.453 e. The Balaban J connectivity index is 1.70. The third kappa shape index (κ3) is 6.56. The molecule has 1 aliphatic rings. The summed E-state index contributed by atoms with van der Waals surface area (Å²) in [5.41, 5.74) is 0. The lowest BCUT2D eigenvalue weighted by Gasteiger charge is -2.31. The Bertz CT molecular complexity index is 774. The molecule has 0 spiro atoms. The Kier molecular flexibility index (Phi) is 7.94. The summed E-state index contributed by atoms with van der Waals surface area (Å²) >= 11 is 0. The number of likely N-dealkylation sites (tertiary alicyclic amines) is 1. The number of carbonyl (C=O) groups is 2. The number of benzene rings is 1. The highest BCUT2D eigenvalue weighted by atomic mass is 32.2. The van der Waals surface area contributed by atoms with Crippen molar-refractivity contribution < 1.29 is 27.1 Å². The third-order valence-corrected chi connectivity index (χ3v) is 6.20. The molecule has 0 aromatic heterocycles. The second kappa shape index (κ2) is 9.97. The lowest BCUT2D eigenvalue weighted by molar-refractivity contribution is -0.159. The minimum Gasteiger partial charge on any atom is -0.453 e. The van der Waals surface area contributed by atoms with Gasteiger partial charge >= 0.3 is 5.97 Å². The lowest BCUT2D eigenvalue weighted by atomic mass is 9.99. The van der Waals surface area contributed by atoms with Crippen LogP contribution >= 0.6 is 0 Å². The van der Waals surface area contributed by atoms with Crippen LogP contribution in [0.2, 0.25) is 0 Å². The number of hydrogen-bond acceptors (Lipinski definition) is 5. The second-order valence-corrected chi connectivity index (χ2v) is 8.86. The van der Waals surface area contributed by atoms with E-state index in [1.807, 2.05) is 0 Å². The van der Waals surface area contributed by atoms with Crippen molar-refractivity contribution in [1.29, 1.82) is 0 Å². The summed E-state index contributed by atoms with van der Waals surface area (Å²) in [5, 5.41) is 0. The van der Waals surface area contributed by atoms with Gasteiger partial charge in [-0.1, -0.05) is 6.92 Å². The smallest absolute Gasteiger partial charge is 0.306 e. The molecule has 0 aliphatic carbocycles. The molecule has 1 amide bonds. The molecular formula is C19H27FN2O5S. The third-order valence-electron chi connectivity index (χ3n) is 4.72. The van der Waals surface area contributed by atoms with Crippen molar-refractivity contribution in [3.8, 4) is 0 Å². The number of rotatable bonds is 8. The van der Waals surface area contributed by atoms with E-state index >= 15 is 0 Å². The van der Waals surface area contributed by atoms with Gasteiger partial charge in [-0.2, -0.15) is 0 Å². The van der Waals surface area contributed by atoms with Crippen LogP contribution in [-0.2, 0) is 24.3 Å². The molecule has 1 aromatic carbocycles. The van der Waals surface area contributed by atoms with Crippen LogP contribution < -0.4 is 4.72 Å². The van der Waals surface area contributed by atoms with Crippen LogP contribution in [0.1, 0.15) is 39.5 Å². The Morgan fingerprint density at radius 1 is 1.25 bits per heavy atom. The maximum atomic E-state index is 12.9. The van der Waals surface area contributed by atoms with E-state index in [-0.39, 0.29) is 30.2 Å². The standard InChI is InChI=1S/C19H27FN2O5S/c1-14-9-12-22(13-10-14)19(24)15(2)27-18(23)4-3-11-21-28(25,26)17-7-5-16(20)6-8-17/h5-8,14-15,21H,3-4,9-13H2,1-2H3/t15-/m1/s1. The highest BCUT2D eigenvalue weighted by molar-refractivity contribution is 7.89. The zero-order valence-corrected chi connectivity index (χ0v) is 17.0. The fraction of sp³-hybridized carbons (Fsp3) is 0.579. The average molecular weight is 414 g/mol. The van der Waals surface area contributed by atoms with E-state index in [1.54, 1.807) is 11.8 Å². The lowest BCUT2D eigenvalue weighted by Crippen LogP contribution is -2.44. The minimum absolute atomic E-state index is 0.0133. The molecule has 1 saturated heterocycles. The first-order valence-electron chi connectivity index (χ1n) is 9.42. The van der Waals surface area contributed by atoms with Gasteiger partial charge in [-0.25, -0.2) is 17.5 Å². The molecule has 1 fully saturated rings. The number of nitrogens with one attached hydrogen (secondary N) is 1. The van der Waals surface area contributed by atoms with Gasteiger partial charge in [0.15, 0.2) is 6.10 Å². The van der Waals surface area contributed by atoms with Crippen molar-refractivity contribution in [3.63, 3.8) is 0 Å². The highest BCUT2D eigenvalue weighted by Gasteiger charge is 2.26. The summed E-state index contributed by atoms with van der Waals surface area (Å²) in [7, 11) is -3.76. The van der Waals surface area contributed by atoms with Gasteiger partial charge in [-0.3, -0.25) is 9.59 Å². The number of sulfonamides is 1. The van der Waals surface area contributed by atoms with Crippen LogP contribution in [-0.4, -0.2) is 50.9 Å². The summed E-state index contributed by atoms with van der Waals surface area (Å²) in [6, 6.07) is 4.46. The van der Waals surface area contributed by atoms with Crippen LogP contribution in [0.5, 0.6) is 0 Å². The second-order valence-electron chi connectivity index (χ2n) is 7.10. The van der Waals surface area contributed by atoms with Crippen LogP contribution in [0.4, 0.5) is 4.39 Å². The van der Waals surface area contributed by atoms with Crippen LogP contribution in [0.25, 0.3) is 0 Å². The van der Waals surface area contributed by atoms with Crippen molar-refractivity contribution in [1.82, 2.24) is 9.62 Å². The first kappa shape index (κ1) is 22.3. The first-order chi connectivity index (χ1) is 13.2. The fourth-order valence-electron chi connectivity index (χ4n) is 2.93. The molecule has 1 N–H and O–H groups in total. The maximum absolute atomic E-state index is 12.9. The van der Waals surface area contributed by atoms with E-state index in [4.69, 9.17) is 4.74 Å². The molecule has 156 valence electrons. The zero-order chi connectivity index (χ0) is 20.7. The number of carbonyl (C=O) groups excluding carboxylic acids is 2. The van der Waals surface area contributed by atoms with Crippen LogP contribution in [0.15, 0.2) is 29.2 Å².